The zero-order valence-electron chi connectivity index (χ0n) is 16.8. The molecule has 7 heteroatoms. The van der Waals surface area contributed by atoms with Gasteiger partial charge in [-0.25, -0.2) is 4.39 Å². The molecule has 0 radical (unpaired) electrons. The Morgan fingerprint density at radius 3 is 2.45 bits per heavy atom. The fourth-order valence-corrected chi connectivity index (χ4v) is 4.53. The number of halogens is 1. The standard InChI is InChI=1S/C22H25FN2O3S/c1-15(2)24(21(27)16-4-8-18(23)9-5-16)12-13-25-20(26)14-29-22(25)17-6-10-19(28-3)11-7-17/h4-11,15,22H,12-14H2,1-3H3/t22-/m0/s1. The number of benzene rings is 2. The highest BCUT2D eigenvalue weighted by Gasteiger charge is 2.33. The highest BCUT2D eigenvalue weighted by molar-refractivity contribution is 8.00. The summed E-state index contributed by atoms with van der Waals surface area (Å²) >= 11 is 1.58. The van der Waals surface area contributed by atoms with Crippen molar-refractivity contribution in [3.05, 3.63) is 65.5 Å². The van der Waals surface area contributed by atoms with Crippen molar-refractivity contribution < 1.29 is 18.7 Å². The zero-order chi connectivity index (χ0) is 21.0. The van der Waals surface area contributed by atoms with Crippen LogP contribution in [0.1, 0.15) is 35.1 Å². The lowest BCUT2D eigenvalue weighted by molar-refractivity contribution is -0.128. The third-order valence-electron chi connectivity index (χ3n) is 4.93. The van der Waals surface area contributed by atoms with Gasteiger partial charge in [0, 0.05) is 24.7 Å². The molecule has 29 heavy (non-hydrogen) atoms. The monoisotopic (exact) mass is 416 g/mol. The predicted octanol–water partition coefficient (Wildman–Crippen LogP) is 3.96. The molecule has 1 saturated heterocycles. The molecule has 0 spiro atoms. The van der Waals surface area contributed by atoms with Crippen molar-refractivity contribution in [2.24, 2.45) is 0 Å². The number of rotatable bonds is 7. The molecule has 0 unspecified atom stereocenters. The molecule has 0 aliphatic carbocycles. The lowest BCUT2D eigenvalue weighted by Crippen LogP contribution is -2.43. The van der Waals surface area contributed by atoms with Gasteiger partial charge in [-0.3, -0.25) is 9.59 Å². The Morgan fingerprint density at radius 1 is 1.21 bits per heavy atom. The molecule has 2 aromatic carbocycles. The largest absolute Gasteiger partial charge is 0.497 e. The second-order valence-electron chi connectivity index (χ2n) is 7.12. The highest BCUT2D eigenvalue weighted by atomic mass is 32.2. The molecular weight excluding hydrogens is 391 g/mol. The Kier molecular flexibility index (Phi) is 6.79. The van der Waals surface area contributed by atoms with Crippen molar-refractivity contribution >= 4 is 23.6 Å². The van der Waals surface area contributed by atoms with E-state index < -0.39 is 0 Å². The number of hydrogen-bond acceptors (Lipinski definition) is 4. The summed E-state index contributed by atoms with van der Waals surface area (Å²) in [5.41, 5.74) is 1.47. The van der Waals surface area contributed by atoms with Crippen LogP contribution in [0.2, 0.25) is 0 Å². The molecule has 1 fully saturated rings. The maximum Gasteiger partial charge on any atom is 0.254 e. The molecule has 1 aliphatic heterocycles. The molecule has 0 aromatic heterocycles. The van der Waals surface area contributed by atoms with Crippen LogP contribution in [0.3, 0.4) is 0 Å². The zero-order valence-corrected chi connectivity index (χ0v) is 17.6. The Balaban J connectivity index is 1.72. The Morgan fingerprint density at radius 2 is 1.86 bits per heavy atom. The van der Waals surface area contributed by atoms with E-state index in [4.69, 9.17) is 4.74 Å². The van der Waals surface area contributed by atoms with Crippen molar-refractivity contribution in [3.63, 3.8) is 0 Å². The van der Waals surface area contributed by atoms with Gasteiger partial charge < -0.3 is 14.5 Å². The molecule has 2 amide bonds. The quantitative estimate of drug-likeness (QED) is 0.686. The van der Waals surface area contributed by atoms with E-state index in [0.29, 0.717) is 24.4 Å². The number of thioether (sulfide) groups is 1. The van der Waals surface area contributed by atoms with Crippen LogP contribution >= 0.6 is 11.8 Å². The third-order valence-corrected chi connectivity index (χ3v) is 6.18. The average Bonchev–Trinajstić information content (AvgIpc) is 3.09. The molecule has 1 aliphatic rings. The average molecular weight is 417 g/mol. The van der Waals surface area contributed by atoms with Gasteiger partial charge in [-0.15, -0.1) is 11.8 Å². The van der Waals surface area contributed by atoms with Gasteiger partial charge in [-0.05, 0) is 55.8 Å². The van der Waals surface area contributed by atoms with Crippen LogP contribution < -0.4 is 4.74 Å². The van der Waals surface area contributed by atoms with Gasteiger partial charge in [0.2, 0.25) is 5.91 Å². The molecule has 2 aromatic rings. The van der Waals surface area contributed by atoms with Crippen LogP contribution in [0.15, 0.2) is 48.5 Å². The highest BCUT2D eigenvalue weighted by Crippen LogP contribution is 2.38. The van der Waals surface area contributed by atoms with Gasteiger partial charge in [0.15, 0.2) is 0 Å². The first-order valence-corrected chi connectivity index (χ1v) is 10.6. The molecule has 0 bridgehead atoms. The number of ether oxygens (including phenoxy) is 1. The number of carbonyl (C=O) groups is 2. The van der Waals surface area contributed by atoms with Gasteiger partial charge in [0.1, 0.15) is 16.9 Å². The smallest absolute Gasteiger partial charge is 0.254 e. The SMILES string of the molecule is COc1ccc([C@@H]2SCC(=O)N2CCN(C(=O)c2ccc(F)cc2)C(C)C)cc1. The van der Waals surface area contributed by atoms with Crippen molar-refractivity contribution in [1.82, 2.24) is 9.80 Å². The van der Waals surface area contributed by atoms with E-state index in [-0.39, 0.29) is 29.0 Å². The fourth-order valence-electron chi connectivity index (χ4n) is 3.31. The number of methoxy groups -OCH3 is 1. The minimum absolute atomic E-state index is 0.0441. The first-order valence-electron chi connectivity index (χ1n) is 9.52. The third kappa shape index (κ3) is 4.90. The van der Waals surface area contributed by atoms with Crippen LogP contribution in [0.25, 0.3) is 0 Å². The van der Waals surface area contributed by atoms with E-state index >= 15 is 0 Å². The molecule has 1 atom stereocenters. The predicted molar refractivity (Wildman–Crippen MR) is 112 cm³/mol. The van der Waals surface area contributed by atoms with E-state index in [1.165, 1.54) is 24.3 Å². The van der Waals surface area contributed by atoms with E-state index in [0.717, 1.165) is 11.3 Å². The summed E-state index contributed by atoms with van der Waals surface area (Å²) in [5, 5.41) is -0.0802. The minimum atomic E-state index is -0.375. The maximum atomic E-state index is 13.2. The number of amides is 2. The second kappa shape index (κ2) is 9.31. The van der Waals surface area contributed by atoms with Crippen LogP contribution in [0.4, 0.5) is 4.39 Å². The van der Waals surface area contributed by atoms with Crippen molar-refractivity contribution in [2.45, 2.75) is 25.3 Å². The summed E-state index contributed by atoms with van der Waals surface area (Å²) < 4.78 is 18.4. The molecule has 0 saturated carbocycles. The summed E-state index contributed by atoms with van der Waals surface area (Å²) in [6, 6.07) is 13.2. The van der Waals surface area contributed by atoms with Crippen molar-refractivity contribution in [1.29, 1.82) is 0 Å². The Labute approximate surface area is 174 Å². The Hall–Kier alpha value is -2.54. The maximum absolute atomic E-state index is 13.2. The summed E-state index contributed by atoms with van der Waals surface area (Å²) in [7, 11) is 1.62. The topological polar surface area (TPSA) is 49.9 Å². The lowest BCUT2D eigenvalue weighted by atomic mass is 10.1. The van der Waals surface area contributed by atoms with Crippen LogP contribution in [-0.4, -0.2) is 53.6 Å². The van der Waals surface area contributed by atoms with Gasteiger partial charge in [0.05, 0.1) is 12.9 Å². The lowest BCUT2D eigenvalue weighted by Gasteiger charge is -2.31. The minimum Gasteiger partial charge on any atom is -0.497 e. The van der Waals surface area contributed by atoms with Gasteiger partial charge in [0.25, 0.3) is 5.91 Å². The van der Waals surface area contributed by atoms with Gasteiger partial charge >= 0.3 is 0 Å². The molecule has 154 valence electrons. The number of nitrogens with zero attached hydrogens (tertiary/aromatic N) is 2. The molecular formula is C22H25FN2O3S. The normalized spacial score (nSPS) is 16.4. The second-order valence-corrected chi connectivity index (χ2v) is 8.19. The molecule has 0 N–H and O–H groups in total. The van der Waals surface area contributed by atoms with Gasteiger partial charge in [-0.1, -0.05) is 12.1 Å². The number of carbonyl (C=O) groups excluding carboxylic acids is 2. The molecule has 1 heterocycles. The van der Waals surface area contributed by atoms with E-state index in [1.807, 2.05) is 43.0 Å². The molecule has 5 nitrogen and oxygen atoms in total. The first-order chi connectivity index (χ1) is 13.9. The van der Waals surface area contributed by atoms with E-state index in [1.54, 1.807) is 23.8 Å². The van der Waals surface area contributed by atoms with E-state index in [2.05, 4.69) is 0 Å². The fraction of sp³-hybridized carbons (Fsp3) is 0.364. The van der Waals surface area contributed by atoms with E-state index in [9.17, 15) is 14.0 Å². The first kappa shape index (κ1) is 21.2. The van der Waals surface area contributed by atoms with Crippen LogP contribution in [-0.2, 0) is 4.79 Å². The van der Waals surface area contributed by atoms with Gasteiger partial charge in [-0.2, -0.15) is 0 Å². The van der Waals surface area contributed by atoms with Crippen molar-refractivity contribution in [2.75, 3.05) is 26.0 Å². The Bertz CT molecular complexity index is 855. The number of hydrogen-bond donors (Lipinski definition) is 0. The summed E-state index contributed by atoms with van der Waals surface area (Å²) in [4.78, 5) is 28.9. The molecule has 3 rings (SSSR count). The van der Waals surface area contributed by atoms with Crippen molar-refractivity contribution in [3.8, 4) is 5.75 Å². The summed E-state index contributed by atoms with van der Waals surface area (Å²) in [6.45, 7) is 4.71. The van der Waals surface area contributed by atoms with Crippen LogP contribution in [0, 0.1) is 5.82 Å². The van der Waals surface area contributed by atoms with Crippen LogP contribution in [0.5, 0.6) is 5.75 Å². The summed E-state index contributed by atoms with van der Waals surface area (Å²) in [6.07, 6.45) is 0. The summed E-state index contributed by atoms with van der Waals surface area (Å²) in [5.74, 6) is 0.712.